The van der Waals surface area contributed by atoms with Crippen molar-refractivity contribution in [3.63, 3.8) is 0 Å². The molecular weight excluding hydrogens is 198 g/mol. The number of aliphatic hydroxyl groups excluding tert-OH is 1. The molecule has 1 aliphatic rings. The van der Waals surface area contributed by atoms with Gasteiger partial charge < -0.3 is 9.84 Å². The van der Waals surface area contributed by atoms with Crippen LogP contribution in [0.4, 0.5) is 0 Å². The van der Waals surface area contributed by atoms with E-state index in [1.807, 2.05) is 0 Å². The molecule has 2 heterocycles. The molecule has 3 nitrogen and oxygen atoms in total. The van der Waals surface area contributed by atoms with Crippen molar-refractivity contribution in [3.8, 4) is 0 Å². The lowest BCUT2D eigenvalue weighted by Crippen LogP contribution is -2.49. The van der Waals surface area contributed by atoms with E-state index < -0.39 is 0 Å². The summed E-state index contributed by atoms with van der Waals surface area (Å²) in [7, 11) is 0. The number of rotatable bonds is 4. The highest BCUT2D eigenvalue weighted by Gasteiger charge is 2.42. The first-order valence-electron chi connectivity index (χ1n) is 4.94. The highest BCUT2D eigenvalue weighted by Crippen LogP contribution is 2.34. The Morgan fingerprint density at radius 3 is 2.93 bits per heavy atom. The maximum absolute atomic E-state index is 9.32. The van der Waals surface area contributed by atoms with Crippen molar-refractivity contribution < 1.29 is 9.84 Å². The molecule has 2 rings (SSSR count). The van der Waals surface area contributed by atoms with Gasteiger partial charge in [0.1, 0.15) is 5.01 Å². The van der Waals surface area contributed by atoms with Crippen molar-refractivity contribution in [2.45, 2.75) is 25.2 Å². The highest BCUT2D eigenvalue weighted by molar-refractivity contribution is 7.09. The smallest absolute Gasteiger partial charge is 0.106 e. The van der Waals surface area contributed by atoms with Crippen LogP contribution >= 0.6 is 11.3 Å². The normalized spacial score (nSPS) is 19.3. The molecule has 1 aliphatic heterocycles. The number of aromatic nitrogens is 1. The van der Waals surface area contributed by atoms with E-state index >= 15 is 0 Å². The summed E-state index contributed by atoms with van der Waals surface area (Å²) in [6.45, 7) is 3.52. The third-order valence-electron chi connectivity index (χ3n) is 2.57. The number of aliphatic hydroxyl groups is 1. The molecule has 0 amide bonds. The lowest BCUT2D eigenvalue weighted by Gasteiger charge is -2.37. The zero-order valence-corrected chi connectivity index (χ0v) is 9.14. The second-order valence-corrected chi connectivity index (χ2v) is 4.68. The molecular formula is C10H15NO2S. The Morgan fingerprint density at radius 2 is 2.43 bits per heavy atom. The van der Waals surface area contributed by atoms with Crippen molar-refractivity contribution in [2.24, 2.45) is 0 Å². The van der Waals surface area contributed by atoms with Crippen LogP contribution in [0.2, 0.25) is 0 Å². The molecule has 0 unspecified atom stereocenters. The van der Waals surface area contributed by atoms with E-state index in [9.17, 15) is 5.11 Å². The average Bonchev–Trinajstić information content (AvgIpc) is 2.54. The van der Waals surface area contributed by atoms with Crippen LogP contribution in [0.25, 0.3) is 0 Å². The van der Waals surface area contributed by atoms with Crippen molar-refractivity contribution in [3.05, 3.63) is 16.1 Å². The number of aryl methyl sites for hydroxylation is 1. The summed E-state index contributed by atoms with van der Waals surface area (Å²) in [4.78, 5) is 4.54. The van der Waals surface area contributed by atoms with E-state index in [1.165, 1.54) is 0 Å². The third kappa shape index (κ3) is 1.58. The molecule has 0 bridgehead atoms. The van der Waals surface area contributed by atoms with Gasteiger partial charge in [-0.05, 0) is 6.42 Å². The van der Waals surface area contributed by atoms with Gasteiger partial charge in [-0.1, -0.05) is 13.3 Å². The molecule has 0 aliphatic carbocycles. The fourth-order valence-electron chi connectivity index (χ4n) is 1.55. The molecule has 78 valence electrons. The van der Waals surface area contributed by atoms with Gasteiger partial charge in [-0.2, -0.15) is 0 Å². The van der Waals surface area contributed by atoms with Gasteiger partial charge in [0, 0.05) is 5.38 Å². The van der Waals surface area contributed by atoms with Crippen molar-refractivity contribution in [2.75, 3.05) is 19.8 Å². The third-order valence-corrected chi connectivity index (χ3v) is 3.71. The zero-order valence-electron chi connectivity index (χ0n) is 8.32. The summed E-state index contributed by atoms with van der Waals surface area (Å²) in [6.07, 6.45) is 2.14. The molecule has 4 heteroatoms. The van der Waals surface area contributed by atoms with Crippen molar-refractivity contribution in [1.82, 2.24) is 4.98 Å². The van der Waals surface area contributed by atoms with Gasteiger partial charge in [0.25, 0.3) is 0 Å². The van der Waals surface area contributed by atoms with Crippen molar-refractivity contribution >= 4 is 11.3 Å². The molecule has 0 aromatic carbocycles. The van der Waals surface area contributed by atoms with E-state index in [2.05, 4.69) is 17.3 Å². The van der Waals surface area contributed by atoms with E-state index in [0.29, 0.717) is 13.2 Å². The monoisotopic (exact) mass is 213 g/mol. The second kappa shape index (κ2) is 3.96. The Morgan fingerprint density at radius 1 is 1.64 bits per heavy atom. The number of thiazole rings is 1. The quantitative estimate of drug-likeness (QED) is 0.821. The largest absolute Gasteiger partial charge is 0.395 e. The summed E-state index contributed by atoms with van der Waals surface area (Å²) in [5, 5.41) is 12.4. The van der Waals surface area contributed by atoms with Gasteiger partial charge >= 0.3 is 0 Å². The Bertz CT molecular complexity index is 301. The van der Waals surface area contributed by atoms with Crippen LogP contribution in [0.3, 0.4) is 0 Å². The van der Waals surface area contributed by atoms with Crippen LogP contribution in [0.15, 0.2) is 5.38 Å². The van der Waals surface area contributed by atoms with Gasteiger partial charge in [-0.3, -0.25) is 0 Å². The van der Waals surface area contributed by atoms with Gasteiger partial charge in [0.15, 0.2) is 0 Å². The molecule has 1 saturated heterocycles. The first-order valence-corrected chi connectivity index (χ1v) is 5.82. The van der Waals surface area contributed by atoms with E-state index in [-0.39, 0.29) is 12.0 Å². The van der Waals surface area contributed by atoms with Crippen LogP contribution in [0.5, 0.6) is 0 Å². The summed E-state index contributed by atoms with van der Waals surface area (Å²) in [6, 6.07) is 0. The van der Waals surface area contributed by atoms with E-state index in [0.717, 1.165) is 23.5 Å². The zero-order chi connectivity index (χ0) is 10.0. The fraction of sp³-hybridized carbons (Fsp3) is 0.700. The van der Waals surface area contributed by atoms with Crippen LogP contribution in [0, 0.1) is 0 Å². The van der Waals surface area contributed by atoms with Gasteiger partial charge in [-0.25, -0.2) is 4.98 Å². The van der Waals surface area contributed by atoms with Crippen molar-refractivity contribution in [1.29, 1.82) is 0 Å². The SMILES string of the molecule is CCCc1csc(C2(CO)COC2)n1. The Hall–Kier alpha value is -0.450. The molecule has 0 saturated carbocycles. The Kier molecular flexibility index (Phi) is 2.85. The maximum Gasteiger partial charge on any atom is 0.106 e. The first kappa shape index (κ1) is 10.1. The van der Waals surface area contributed by atoms with Crippen LogP contribution in [0.1, 0.15) is 24.0 Å². The minimum absolute atomic E-state index is 0.145. The molecule has 1 N–H and O–H groups in total. The first-order chi connectivity index (χ1) is 6.80. The molecule has 0 spiro atoms. The van der Waals surface area contributed by atoms with E-state index in [1.54, 1.807) is 11.3 Å². The molecule has 0 radical (unpaired) electrons. The predicted octanol–water partition coefficient (Wildman–Crippen LogP) is 1.36. The lowest BCUT2D eigenvalue weighted by atomic mass is 9.88. The maximum atomic E-state index is 9.32. The highest BCUT2D eigenvalue weighted by atomic mass is 32.1. The Balaban J connectivity index is 2.15. The standard InChI is InChI=1S/C10H15NO2S/c1-2-3-8-4-14-9(11-8)10(5-12)6-13-7-10/h4,12H,2-3,5-7H2,1H3. The minimum atomic E-state index is -0.184. The second-order valence-electron chi connectivity index (χ2n) is 3.83. The summed E-state index contributed by atoms with van der Waals surface area (Å²) < 4.78 is 5.16. The number of hydrogen-bond donors (Lipinski definition) is 1. The lowest BCUT2D eigenvalue weighted by molar-refractivity contribution is -0.0842. The van der Waals surface area contributed by atoms with Gasteiger partial charge in [-0.15, -0.1) is 11.3 Å². The molecule has 1 aromatic heterocycles. The number of hydrogen-bond acceptors (Lipinski definition) is 4. The Labute approximate surface area is 87.7 Å². The predicted molar refractivity (Wildman–Crippen MR) is 55.7 cm³/mol. The topological polar surface area (TPSA) is 42.4 Å². The molecule has 1 fully saturated rings. The fourth-order valence-corrected chi connectivity index (χ4v) is 2.57. The number of nitrogens with zero attached hydrogens (tertiary/aromatic N) is 1. The molecule has 1 aromatic rings. The summed E-state index contributed by atoms with van der Waals surface area (Å²) >= 11 is 1.65. The summed E-state index contributed by atoms with van der Waals surface area (Å²) in [5.41, 5.74) is 0.962. The summed E-state index contributed by atoms with van der Waals surface area (Å²) in [5.74, 6) is 0. The van der Waals surface area contributed by atoms with Crippen LogP contribution in [-0.4, -0.2) is 29.9 Å². The van der Waals surface area contributed by atoms with Crippen LogP contribution in [-0.2, 0) is 16.6 Å². The molecule has 14 heavy (non-hydrogen) atoms. The number of ether oxygens (including phenoxy) is 1. The van der Waals surface area contributed by atoms with Gasteiger partial charge in [0.05, 0.1) is 30.9 Å². The van der Waals surface area contributed by atoms with Gasteiger partial charge in [0.2, 0.25) is 0 Å². The average molecular weight is 213 g/mol. The van der Waals surface area contributed by atoms with E-state index in [4.69, 9.17) is 4.74 Å². The minimum Gasteiger partial charge on any atom is -0.395 e. The molecule has 0 atom stereocenters. The van der Waals surface area contributed by atoms with Crippen LogP contribution < -0.4 is 0 Å².